The predicted molar refractivity (Wildman–Crippen MR) is 44.2 cm³/mol. The van der Waals surface area contributed by atoms with E-state index in [0.717, 1.165) is 16.9 Å². The van der Waals surface area contributed by atoms with Crippen molar-refractivity contribution in [3.63, 3.8) is 0 Å². The molecule has 1 heterocycles. The third-order valence-corrected chi connectivity index (χ3v) is 1.69. The SMILES string of the molecule is Cn1nnc(-c2c(F)cccc2F)n1. The van der Waals surface area contributed by atoms with Gasteiger partial charge in [0.15, 0.2) is 0 Å². The second-order valence-electron chi connectivity index (χ2n) is 2.70. The summed E-state index contributed by atoms with van der Waals surface area (Å²) >= 11 is 0. The average Bonchev–Trinajstić information content (AvgIpc) is 2.51. The van der Waals surface area contributed by atoms with E-state index in [0.29, 0.717) is 0 Å². The van der Waals surface area contributed by atoms with Crippen molar-refractivity contribution in [2.24, 2.45) is 7.05 Å². The molecule has 1 aromatic carbocycles. The van der Waals surface area contributed by atoms with Crippen LogP contribution in [0.2, 0.25) is 0 Å². The van der Waals surface area contributed by atoms with E-state index in [1.165, 1.54) is 13.1 Å². The van der Waals surface area contributed by atoms with Gasteiger partial charge in [-0.1, -0.05) is 6.07 Å². The van der Waals surface area contributed by atoms with Crippen molar-refractivity contribution in [3.05, 3.63) is 29.8 Å². The van der Waals surface area contributed by atoms with Crippen LogP contribution in [0.25, 0.3) is 11.4 Å². The molecule has 0 aliphatic carbocycles. The Hall–Kier alpha value is -1.85. The number of rotatable bonds is 1. The van der Waals surface area contributed by atoms with Crippen LogP contribution in [-0.4, -0.2) is 20.2 Å². The van der Waals surface area contributed by atoms with Gasteiger partial charge in [-0.25, -0.2) is 8.78 Å². The van der Waals surface area contributed by atoms with Crippen LogP contribution in [0, 0.1) is 11.6 Å². The second kappa shape index (κ2) is 3.13. The number of hydrogen-bond donors (Lipinski definition) is 0. The van der Waals surface area contributed by atoms with Crippen LogP contribution in [0.4, 0.5) is 8.78 Å². The van der Waals surface area contributed by atoms with Crippen molar-refractivity contribution < 1.29 is 8.78 Å². The molecular formula is C8H6F2N4. The number of benzene rings is 1. The summed E-state index contributed by atoms with van der Waals surface area (Å²) in [5.41, 5.74) is -0.249. The third-order valence-electron chi connectivity index (χ3n) is 1.69. The molecule has 0 fully saturated rings. The Morgan fingerprint density at radius 2 is 1.86 bits per heavy atom. The Labute approximate surface area is 78.2 Å². The number of aromatic nitrogens is 4. The lowest BCUT2D eigenvalue weighted by Gasteiger charge is -1.97. The van der Waals surface area contributed by atoms with E-state index in [-0.39, 0.29) is 11.4 Å². The Balaban J connectivity index is 2.61. The maximum Gasteiger partial charge on any atom is 0.210 e. The molecule has 72 valence electrons. The van der Waals surface area contributed by atoms with Crippen molar-refractivity contribution in [1.82, 2.24) is 20.2 Å². The molecule has 0 spiro atoms. The minimum Gasteiger partial charge on any atom is -0.206 e. The molecule has 1 aromatic heterocycles. The molecule has 14 heavy (non-hydrogen) atoms. The minimum absolute atomic E-state index is 0.0527. The zero-order chi connectivity index (χ0) is 10.1. The summed E-state index contributed by atoms with van der Waals surface area (Å²) in [5.74, 6) is -1.45. The Morgan fingerprint density at radius 3 is 2.36 bits per heavy atom. The highest BCUT2D eigenvalue weighted by Crippen LogP contribution is 2.21. The molecule has 0 saturated heterocycles. The summed E-state index contributed by atoms with van der Waals surface area (Å²) in [6.45, 7) is 0. The predicted octanol–water partition coefficient (Wildman–Crippen LogP) is 1.16. The van der Waals surface area contributed by atoms with Gasteiger partial charge in [-0.15, -0.1) is 10.2 Å². The Bertz CT molecular complexity index is 446. The molecule has 2 rings (SSSR count). The quantitative estimate of drug-likeness (QED) is 0.687. The third kappa shape index (κ3) is 1.34. The molecule has 4 nitrogen and oxygen atoms in total. The maximum atomic E-state index is 13.2. The average molecular weight is 196 g/mol. The normalized spacial score (nSPS) is 10.5. The van der Waals surface area contributed by atoms with Crippen molar-refractivity contribution in [1.29, 1.82) is 0 Å². The van der Waals surface area contributed by atoms with Crippen LogP contribution < -0.4 is 0 Å². The number of nitrogens with zero attached hydrogens (tertiary/aromatic N) is 4. The minimum atomic E-state index is -0.696. The molecule has 0 amide bonds. The summed E-state index contributed by atoms with van der Waals surface area (Å²) in [5, 5.41) is 10.7. The molecule has 0 radical (unpaired) electrons. The lowest BCUT2D eigenvalue weighted by atomic mass is 10.2. The zero-order valence-electron chi connectivity index (χ0n) is 7.28. The van der Waals surface area contributed by atoms with Gasteiger partial charge in [-0.3, -0.25) is 0 Å². The molecule has 0 unspecified atom stereocenters. The van der Waals surface area contributed by atoms with Crippen LogP contribution >= 0.6 is 0 Å². The fraction of sp³-hybridized carbons (Fsp3) is 0.125. The number of hydrogen-bond acceptors (Lipinski definition) is 3. The standard InChI is InChI=1S/C8H6F2N4/c1-14-12-8(11-13-14)7-5(9)3-2-4-6(7)10/h2-4H,1H3. The van der Waals surface area contributed by atoms with E-state index in [2.05, 4.69) is 15.4 Å². The lowest BCUT2D eigenvalue weighted by molar-refractivity contribution is 0.586. The topological polar surface area (TPSA) is 43.6 Å². The molecule has 0 aliphatic rings. The highest BCUT2D eigenvalue weighted by molar-refractivity contribution is 5.55. The highest BCUT2D eigenvalue weighted by Gasteiger charge is 2.15. The van der Waals surface area contributed by atoms with E-state index >= 15 is 0 Å². The van der Waals surface area contributed by atoms with Gasteiger partial charge in [-0.2, -0.15) is 4.80 Å². The van der Waals surface area contributed by atoms with Gasteiger partial charge >= 0.3 is 0 Å². The summed E-state index contributed by atoms with van der Waals surface area (Å²) in [4.78, 5) is 1.14. The molecule has 0 bridgehead atoms. The van der Waals surface area contributed by atoms with Crippen LogP contribution in [0.5, 0.6) is 0 Å². The van der Waals surface area contributed by atoms with Crippen LogP contribution in [-0.2, 0) is 7.05 Å². The largest absolute Gasteiger partial charge is 0.210 e. The molecular weight excluding hydrogens is 190 g/mol. The van der Waals surface area contributed by atoms with Gasteiger partial charge in [0.05, 0.1) is 12.6 Å². The first-order valence-corrected chi connectivity index (χ1v) is 3.87. The van der Waals surface area contributed by atoms with Gasteiger partial charge < -0.3 is 0 Å². The number of halogens is 2. The molecule has 0 N–H and O–H groups in total. The van der Waals surface area contributed by atoms with E-state index < -0.39 is 11.6 Å². The summed E-state index contributed by atoms with van der Waals surface area (Å²) in [6, 6.07) is 3.58. The first kappa shape index (κ1) is 8.74. The lowest BCUT2D eigenvalue weighted by Crippen LogP contribution is -1.94. The summed E-state index contributed by atoms with van der Waals surface area (Å²) in [7, 11) is 1.52. The van der Waals surface area contributed by atoms with Crippen molar-refractivity contribution in [3.8, 4) is 11.4 Å². The first-order chi connectivity index (χ1) is 6.68. The smallest absolute Gasteiger partial charge is 0.206 e. The second-order valence-corrected chi connectivity index (χ2v) is 2.70. The fourth-order valence-corrected chi connectivity index (χ4v) is 1.10. The van der Waals surface area contributed by atoms with Crippen molar-refractivity contribution >= 4 is 0 Å². The Kier molecular flexibility index (Phi) is 1.95. The van der Waals surface area contributed by atoms with Gasteiger partial charge in [0.25, 0.3) is 0 Å². The van der Waals surface area contributed by atoms with Crippen LogP contribution in [0.1, 0.15) is 0 Å². The van der Waals surface area contributed by atoms with Crippen LogP contribution in [0.3, 0.4) is 0 Å². The highest BCUT2D eigenvalue weighted by atomic mass is 19.1. The molecule has 0 aliphatic heterocycles. The molecule has 0 atom stereocenters. The van der Waals surface area contributed by atoms with Crippen molar-refractivity contribution in [2.75, 3.05) is 0 Å². The van der Waals surface area contributed by atoms with E-state index in [4.69, 9.17) is 0 Å². The van der Waals surface area contributed by atoms with Gasteiger partial charge in [0, 0.05) is 0 Å². The fourth-order valence-electron chi connectivity index (χ4n) is 1.10. The van der Waals surface area contributed by atoms with E-state index in [1.807, 2.05) is 0 Å². The van der Waals surface area contributed by atoms with Crippen molar-refractivity contribution in [2.45, 2.75) is 0 Å². The maximum absolute atomic E-state index is 13.2. The Morgan fingerprint density at radius 1 is 1.21 bits per heavy atom. The van der Waals surface area contributed by atoms with Crippen LogP contribution in [0.15, 0.2) is 18.2 Å². The van der Waals surface area contributed by atoms with Gasteiger partial charge in [0.2, 0.25) is 5.82 Å². The zero-order valence-corrected chi connectivity index (χ0v) is 7.28. The monoisotopic (exact) mass is 196 g/mol. The molecule has 6 heteroatoms. The summed E-state index contributed by atoms with van der Waals surface area (Å²) in [6.07, 6.45) is 0. The molecule has 2 aromatic rings. The van der Waals surface area contributed by atoms with Gasteiger partial charge in [0.1, 0.15) is 11.6 Å². The summed E-state index contributed by atoms with van der Waals surface area (Å²) < 4.78 is 26.4. The first-order valence-electron chi connectivity index (χ1n) is 3.87. The van der Waals surface area contributed by atoms with Gasteiger partial charge in [-0.05, 0) is 17.3 Å². The van der Waals surface area contributed by atoms with E-state index in [9.17, 15) is 8.78 Å². The number of aryl methyl sites for hydroxylation is 1. The molecule has 0 saturated carbocycles. The number of tetrazole rings is 1. The van der Waals surface area contributed by atoms with E-state index in [1.54, 1.807) is 0 Å².